The van der Waals surface area contributed by atoms with E-state index in [2.05, 4.69) is 21.1 Å². The summed E-state index contributed by atoms with van der Waals surface area (Å²) in [6, 6.07) is 0. The van der Waals surface area contributed by atoms with E-state index in [1.165, 1.54) is 6.42 Å². The van der Waals surface area contributed by atoms with Crippen LogP contribution in [0.1, 0.15) is 20.3 Å². The second-order valence-electron chi connectivity index (χ2n) is 2.55. The minimum Gasteiger partial charge on any atom is -0.335 e. The molecule has 1 aliphatic heterocycles. The Labute approximate surface area is 45.5 Å². The number of nitrogens with two attached hydrogens (primary N) is 1. The molecule has 1 saturated heterocycles. The predicted octanol–water partition coefficient (Wildman–Crippen LogP) is 0.578. The van der Waals surface area contributed by atoms with Crippen molar-refractivity contribution in [3.63, 3.8) is 0 Å². The average molecular weight is 96.0 g/mol. The van der Waals surface area contributed by atoms with Gasteiger partial charge in [0.25, 0.3) is 0 Å². The van der Waals surface area contributed by atoms with Crippen LogP contribution in [0.5, 0.6) is 0 Å². The van der Waals surface area contributed by atoms with E-state index in [-0.39, 0.29) is 0 Å². The van der Waals surface area contributed by atoms with Crippen LogP contribution in [0.4, 0.5) is 0 Å². The average Bonchev–Trinajstić information content (AvgIpc) is 2.18. The van der Waals surface area contributed by atoms with Gasteiger partial charge in [0.05, 0.1) is 0 Å². The van der Waals surface area contributed by atoms with E-state index >= 15 is 0 Å². The van der Waals surface area contributed by atoms with Gasteiger partial charge in [-0.05, 0) is 5.94 Å². The Hall–Kier alpha value is 0.0249. The molecule has 0 aromatic rings. The van der Waals surface area contributed by atoms with Gasteiger partial charge in [0, 0.05) is 0 Å². The van der Waals surface area contributed by atoms with Crippen LogP contribution in [-0.2, 0) is 0 Å². The third-order valence-electron chi connectivity index (χ3n) is 1.97. The molecule has 0 aromatic carbocycles. The molecule has 1 heterocycles. The fourth-order valence-corrected chi connectivity index (χ4v) is 0.716. The van der Waals surface area contributed by atoms with Gasteiger partial charge < -0.3 is 5.73 Å². The van der Waals surface area contributed by atoms with Crippen LogP contribution < -0.4 is 5.73 Å². The normalized spacial score (nSPS) is 48.1. The molecule has 1 fully saturated rings. The monoisotopic (exact) mass is 96.1 g/mol. The summed E-state index contributed by atoms with van der Waals surface area (Å²) >= 11 is 0. The zero-order chi connectivity index (χ0) is 5.49. The summed E-state index contributed by atoms with van der Waals surface area (Å²) in [5.41, 5.74) is 5.56. The molecule has 0 bridgehead atoms. The first-order valence-electron chi connectivity index (χ1n) is 2.80. The van der Waals surface area contributed by atoms with Crippen LogP contribution in [0, 0.1) is 0 Å². The fraction of sp³-hybridized carbons (Fsp3) is 1.00. The predicted molar refractivity (Wildman–Crippen MR) is 32.4 cm³/mol. The van der Waals surface area contributed by atoms with E-state index in [1.807, 2.05) is 0 Å². The van der Waals surface area contributed by atoms with Crippen LogP contribution in [0.2, 0.25) is 5.31 Å². The number of hydrogen-bond donors (Lipinski definition) is 1. The third kappa shape index (κ3) is 0.675. The highest BCUT2D eigenvalue weighted by atomic mass is 14.7. The molecule has 1 radical (unpaired) electrons. The molecule has 1 rings (SSSR count). The Morgan fingerprint density at radius 1 is 1.86 bits per heavy atom. The summed E-state index contributed by atoms with van der Waals surface area (Å²) in [5, 5.41) is 0.403. The Morgan fingerprint density at radius 2 is 2.29 bits per heavy atom. The molecule has 0 aromatic heterocycles. The lowest BCUT2D eigenvalue weighted by molar-refractivity contribution is 0.664. The van der Waals surface area contributed by atoms with Crippen molar-refractivity contribution in [3.8, 4) is 0 Å². The van der Waals surface area contributed by atoms with Crippen LogP contribution in [-0.4, -0.2) is 13.2 Å². The number of rotatable bonds is 1. The van der Waals surface area contributed by atoms with Gasteiger partial charge in [-0.3, -0.25) is 0 Å². The molecular weight excluding hydrogens is 84.9 g/mol. The SMILES string of the molecule is CC[C@@]1(C)[B][C@@H]1N. The summed E-state index contributed by atoms with van der Waals surface area (Å²) in [4.78, 5) is 0. The van der Waals surface area contributed by atoms with Gasteiger partial charge in [0.1, 0.15) is 7.28 Å². The fourth-order valence-electron chi connectivity index (χ4n) is 0.716. The van der Waals surface area contributed by atoms with Crippen molar-refractivity contribution in [1.29, 1.82) is 0 Å². The molecule has 0 spiro atoms. The highest BCUT2D eigenvalue weighted by molar-refractivity contribution is 6.56. The highest BCUT2D eigenvalue weighted by Gasteiger charge is 2.46. The second-order valence-corrected chi connectivity index (χ2v) is 2.55. The molecule has 0 amide bonds. The van der Waals surface area contributed by atoms with E-state index in [1.54, 1.807) is 0 Å². The molecule has 2 atom stereocenters. The first-order chi connectivity index (χ1) is 3.19. The maximum absolute atomic E-state index is 5.56. The van der Waals surface area contributed by atoms with Crippen molar-refractivity contribution < 1.29 is 0 Å². The Kier molecular flexibility index (Phi) is 0.924. The first kappa shape index (κ1) is 5.17. The molecule has 1 nitrogen and oxygen atoms in total. The number of hydrogen-bond acceptors (Lipinski definition) is 1. The molecule has 0 saturated carbocycles. The van der Waals surface area contributed by atoms with Crippen molar-refractivity contribution in [2.45, 2.75) is 31.5 Å². The van der Waals surface area contributed by atoms with E-state index in [4.69, 9.17) is 5.73 Å². The van der Waals surface area contributed by atoms with Gasteiger partial charge in [-0.25, -0.2) is 0 Å². The van der Waals surface area contributed by atoms with Gasteiger partial charge in [-0.1, -0.05) is 25.6 Å². The third-order valence-corrected chi connectivity index (χ3v) is 1.97. The Bertz CT molecular complexity index is 80.1. The van der Waals surface area contributed by atoms with Gasteiger partial charge in [0.15, 0.2) is 0 Å². The van der Waals surface area contributed by atoms with Crippen molar-refractivity contribution in [2.75, 3.05) is 0 Å². The Balaban J connectivity index is 2.36. The zero-order valence-corrected chi connectivity index (χ0v) is 4.94. The summed E-state index contributed by atoms with van der Waals surface area (Å²) in [6.45, 7) is 4.36. The molecule has 39 valence electrons. The van der Waals surface area contributed by atoms with E-state index in [0.29, 0.717) is 11.3 Å². The van der Waals surface area contributed by atoms with Crippen molar-refractivity contribution in [1.82, 2.24) is 0 Å². The molecule has 0 unspecified atom stereocenters. The molecule has 2 N–H and O–H groups in total. The van der Waals surface area contributed by atoms with Gasteiger partial charge in [-0.15, -0.1) is 0 Å². The van der Waals surface area contributed by atoms with Gasteiger partial charge >= 0.3 is 0 Å². The van der Waals surface area contributed by atoms with Crippen molar-refractivity contribution >= 4 is 7.28 Å². The van der Waals surface area contributed by atoms with E-state index < -0.39 is 0 Å². The van der Waals surface area contributed by atoms with Crippen LogP contribution in [0.3, 0.4) is 0 Å². The van der Waals surface area contributed by atoms with E-state index in [0.717, 1.165) is 0 Å². The summed E-state index contributed by atoms with van der Waals surface area (Å²) in [5.74, 6) is 0.387. The largest absolute Gasteiger partial charge is 0.335 e. The first-order valence-corrected chi connectivity index (χ1v) is 2.80. The maximum atomic E-state index is 5.56. The summed E-state index contributed by atoms with van der Waals surface area (Å²) in [7, 11) is 2.19. The summed E-state index contributed by atoms with van der Waals surface area (Å²) < 4.78 is 0. The lowest BCUT2D eigenvalue weighted by atomic mass is 9.87. The minimum atomic E-state index is 0.387. The molecule has 1 aliphatic rings. The topological polar surface area (TPSA) is 26.0 Å². The molecule has 0 aliphatic carbocycles. The van der Waals surface area contributed by atoms with E-state index in [9.17, 15) is 0 Å². The maximum Gasteiger partial charge on any atom is 0.141 e. The quantitative estimate of drug-likeness (QED) is 0.474. The van der Waals surface area contributed by atoms with Crippen LogP contribution in [0.25, 0.3) is 0 Å². The van der Waals surface area contributed by atoms with Crippen LogP contribution >= 0.6 is 0 Å². The lowest BCUT2D eigenvalue weighted by Gasteiger charge is -2.02. The Morgan fingerprint density at radius 3 is 2.29 bits per heavy atom. The molecule has 2 heteroatoms. The van der Waals surface area contributed by atoms with Crippen molar-refractivity contribution in [3.05, 3.63) is 0 Å². The van der Waals surface area contributed by atoms with Gasteiger partial charge in [-0.2, -0.15) is 0 Å². The highest BCUT2D eigenvalue weighted by Crippen LogP contribution is 2.45. The van der Waals surface area contributed by atoms with Crippen molar-refractivity contribution in [2.24, 2.45) is 5.73 Å². The molecular formula is C5H11BN. The minimum absolute atomic E-state index is 0.387. The van der Waals surface area contributed by atoms with Crippen LogP contribution in [0.15, 0.2) is 0 Å². The lowest BCUT2D eigenvalue weighted by Crippen LogP contribution is -2.04. The summed E-state index contributed by atoms with van der Waals surface area (Å²) in [6.07, 6.45) is 1.19. The second kappa shape index (κ2) is 1.25. The molecule has 7 heavy (non-hydrogen) atoms. The smallest absolute Gasteiger partial charge is 0.141 e. The zero-order valence-electron chi connectivity index (χ0n) is 4.94. The standard InChI is InChI=1S/C5H11BN/c1-3-5(2)4(7)6-5/h4H,3,7H2,1-2H3/t4-,5-/m1/s1. The van der Waals surface area contributed by atoms with Gasteiger partial charge in [0.2, 0.25) is 0 Å².